The van der Waals surface area contributed by atoms with E-state index in [0.29, 0.717) is 17.1 Å². The number of carbonyl (C=O) groups excluding carboxylic acids is 1. The Morgan fingerprint density at radius 1 is 1.50 bits per heavy atom. The van der Waals surface area contributed by atoms with Crippen LogP contribution in [0.1, 0.15) is 65.6 Å². The number of aliphatic hydroxyl groups is 1. The first-order chi connectivity index (χ1) is 11.7. The predicted octanol–water partition coefficient (Wildman–Crippen LogP) is 3.81. The van der Waals surface area contributed by atoms with Gasteiger partial charge in [0.25, 0.3) is 5.91 Å². The quantitative estimate of drug-likeness (QED) is 0.892. The number of carbonyl (C=O) groups is 1. The van der Waals surface area contributed by atoms with Crippen LogP contribution in [0.4, 0.5) is 0 Å². The zero-order valence-corrected chi connectivity index (χ0v) is 14.8. The molecule has 0 spiro atoms. The lowest BCUT2D eigenvalue weighted by Gasteiger charge is -2.30. The van der Waals surface area contributed by atoms with E-state index in [2.05, 4.69) is 4.98 Å². The Morgan fingerprint density at radius 3 is 3.08 bits per heavy atom. The van der Waals surface area contributed by atoms with E-state index in [0.717, 1.165) is 43.7 Å². The topological polar surface area (TPSA) is 66.6 Å². The third-order valence-electron chi connectivity index (χ3n) is 4.57. The van der Waals surface area contributed by atoms with Gasteiger partial charge < -0.3 is 14.4 Å². The van der Waals surface area contributed by atoms with Crippen molar-refractivity contribution in [2.45, 2.75) is 57.6 Å². The van der Waals surface area contributed by atoms with Crippen molar-refractivity contribution in [3.8, 4) is 0 Å². The average Bonchev–Trinajstić information content (AvgIpc) is 3.23. The van der Waals surface area contributed by atoms with Crippen molar-refractivity contribution in [3.05, 3.63) is 40.2 Å². The summed E-state index contributed by atoms with van der Waals surface area (Å²) < 4.78 is 5.30. The first-order valence-corrected chi connectivity index (χ1v) is 9.47. The average molecular weight is 348 g/mol. The summed E-state index contributed by atoms with van der Waals surface area (Å²) in [5, 5.41) is 11.4. The fraction of sp³-hybridized carbons (Fsp3) is 0.556. The van der Waals surface area contributed by atoms with Crippen LogP contribution in [-0.4, -0.2) is 33.5 Å². The van der Waals surface area contributed by atoms with E-state index in [9.17, 15) is 9.90 Å². The van der Waals surface area contributed by atoms with E-state index in [4.69, 9.17) is 4.42 Å². The van der Waals surface area contributed by atoms with E-state index < -0.39 is 6.10 Å². The van der Waals surface area contributed by atoms with Gasteiger partial charge in [-0.25, -0.2) is 4.98 Å². The molecule has 0 radical (unpaired) electrons. The fourth-order valence-electron chi connectivity index (χ4n) is 3.26. The summed E-state index contributed by atoms with van der Waals surface area (Å²) in [5.41, 5.74) is 0. The first-order valence-electron chi connectivity index (χ1n) is 8.66. The highest BCUT2D eigenvalue weighted by molar-refractivity contribution is 7.13. The predicted molar refractivity (Wildman–Crippen MR) is 93.1 cm³/mol. The molecule has 3 rings (SSSR count). The number of thiazole rings is 1. The number of aromatic nitrogens is 1. The molecule has 2 aromatic rings. The first kappa shape index (κ1) is 17.2. The minimum Gasteiger partial charge on any atom is -0.467 e. The molecule has 24 heavy (non-hydrogen) atoms. The van der Waals surface area contributed by atoms with Crippen molar-refractivity contribution in [3.63, 3.8) is 0 Å². The Bertz CT molecular complexity index is 653. The second-order valence-electron chi connectivity index (χ2n) is 6.24. The van der Waals surface area contributed by atoms with Crippen LogP contribution < -0.4 is 0 Å². The lowest BCUT2D eigenvalue weighted by Crippen LogP contribution is -2.40. The number of hydrogen-bond donors (Lipinski definition) is 1. The molecule has 1 saturated heterocycles. The highest BCUT2D eigenvalue weighted by Crippen LogP contribution is 2.28. The van der Waals surface area contributed by atoms with Crippen molar-refractivity contribution in [1.29, 1.82) is 0 Å². The van der Waals surface area contributed by atoms with E-state index >= 15 is 0 Å². The minimum absolute atomic E-state index is 0.0345. The summed E-state index contributed by atoms with van der Waals surface area (Å²) in [5.74, 6) is 0.614. The van der Waals surface area contributed by atoms with Gasteiger partial charge in [0, 0.05) is 19.0 Å². The molecule has 3 heterocycles. The van der Waals surface area contributed by atoms with Gasteiger partial charge in [0.2, 0.25) is 0 Å². The second-order valence-corrected chi connectivity index (χ2v) is 7.36. The zero-order chi connectivity index (χ0) is 16.9. The number of furan rings is 1. The molecule has 130 valence electrons. The fourth-order valence-corrected chi connectivity index (χ4v) is 4.07. The Balaban J connectivity index is 1.75. The standard InChI is InChI=1S/C18H24N2O3S/c1-2-17-19-12-16(24-17)18(22)20-9-5-3-4-7-13(20)11-14(21)15-8-6-10-23-15/h6,8,10,12-14,21H,2-5,7,9,11H2,1H3. The highest BCUT2D eigenvalue weighted by Gasteiger charge is 2.30. The van der Waals surface area contributed by atoms with Crippen LogP contribution in [0.3, 0.4) is 0 Å². The summed E-state index contributed by atoms with van der Waals surface area (Å²) in [6.07, 6.45) is 8.08. The summed E-state index contributed by atoms with van der Waals surface area (Å²) in [4.78, 5) is 19.9. The molecule has 2 unspecified atom stereocenters. The summed E-state index contributed by atoms with van der Waals surface area (Å²) in [7, 11) is 0. The Morgan fingerprint density at radius 2 is 2.38 bits per heavy atom. The van der Waals surface area contributed by atoms with Crippen LogP contribution in [0.2, 0.25) is 0 Å². The summed E-state index contributed by atoms with van der Waals surface area (Å²) in [6, 6.07) is 3.59. The van der Waals surface area contributed by atoms with Gasteiger partial charge in [-0.1, -0.05) is 19.8 Å². The van der Waals surface area contributed by atoms with Crippen molar-refractivity contribution in [2.75, 3.05) is 6.54 Å². The second kappa shape index (κ2) is 7.94. The molecule has 1 aliphatic heterocycles. The zero-order valence-electron chi connectivity index (χ0n) is 14.0. The third-order valence-corrected chi connectivity index (χ3v) is 5.70. The van der Waals surface area contributed by atoms with Gasteiger partial charge in [-0.2, -0.15) is 0 Å². The van der Waals surface area contributed by atoms with E-state index in [1.165, 1.54) is 11.3 Å². The van der Waals surface area contributed by atoms with Gasteiger partial charge in [-0.3, -0.25) is 4.79 Å². The van der Waals surface area contributed by atoms with Crippen LogP contribution in [0.25, 0.3) is 0 Å². The maximum absolute atomic E-state index is 13.0. The smallest absolute Gasteiger partial charge is 0.265 e. The number of amides is 1. The number of hydrogen-bond acceptors (Lipinski definition) is 5. The third kappa shape index (κ3) is 3.87. The van der Waals surface area contributed by atoms with Crippen molar-refractivity contribution in [1.82, 2.24) is 9.88 Å². The molecule has 2 atom stereocenters. The molecule has 1 N–H and O–H groups in total. The van der Waals surface area contributed by atoms with Crippen molar-refractivity contribution in [2.24, 2.45) is 0 Å². The minimum atomic E-state index is -0.675. The van der Waals surface area contributed by atoms with Gasteiger partial charge in [0.05, 0.1) is 17.5 Å². The largest absolute Gasteiger partial charge is 0.467 e. The number of aryl methyl sites for hydroxylation is 1. The van der Waals surface area contributed by atoms with Gasteiger partial charge in [0.1, 0.15) is 16.7 Å². The number of rotatable bonds is 5. The molecule has 0 saturated carbocycles. The monoisotopic (exact) mass is 348 g/mol. The lowest BCUT2D eigenvalue weighted by molar-refractivity contribution is 0.0561. The molecular weight excluding hydrogens is 324 g/mol. The molecular formula is C18H24N2O3S. The van der Waals surface area contributed by atoms with Crippen LogP contribution in [-0.2, 0) is 6.42 Å². The van der Waals surface area contributed by atoms with E-state index in [1.54, 1.807) is 24.6 Å². The van der Waals surface area contributed by atoms with Crippen molar-refractivity contribution >= 4 is 17.2 Å². The molecule has 0 aromatic carbocycles. The van der Waals surface area contributed by atoms with Crippen molar-refractivity contribution < 1.29 is 14.3 Å². The number of likely N-dealkylation sites (tertiary alicyclic amines) is 1. The van der Waals surface area contributed by atoms with Crippen LogP contribution in [0, 0.1) is 0 Å². The number of aliphatic hydroxyl groups excluding tert-OH is 1. The van der Waals surface area contributed by atoms with Crippen LogP contribution in [0.5, 0.6) is 0 Å². The molecule has 1 amide bonds. The van der Waals surface area contributed by atoms with Gasteiger partial charge in [-0.15, -0.1) is 11.3 Å². The molecule has 5 nitrogen and oxygen atoms in total. The highest BCUT2D eigenvalue weighted by atomic mass is 32.1. The summed E-state index contributed by atoms with van der Waals surface area (Å²) >= 11 is 1.48. The Kier molecular flexibility index (Phi) is 5.68. The summed E-state index contributed by atoms with van der Waals surface area (Å²) in [6.45, 7) is 2.79. The maximum atomic E-state index is 13.0. The molecule has 1 fully saturated rings. The van der Waals surface area contributed by atoms with E-state index in [1.807, 2.05) is 11.8 Å². The van der Waals surface area contributed by atoms with E-state index in [-0.39, 0.29) is 11.9 Å². The Labute approximate surface area is 146 Å². The molecule has 0 bridgehead atoms. The molecule has 0 aliphatic carbocycles. The normalized spacial score (nSPS) is 19.9. The molecule has 2 aromatic heterocycles. The number of nitrogens with zero attached hydrogens (tertiary/aromatic N) is 2. The van der Waals surface area contributed by atoms with Crippen LogP contribution in [0.15, 0.2) is 29.0 Å². The van der Waals surface area contributed by atoms with Crippen LogP contribution >= 0.6 is 11.3 Å². The molecule has 1 aliphatic rings. The van der Waals surface area contributed by atoms with Gasteiger partial charge >= 0.3 is 0 Å². The molecule has 6 heteroatoms. The van der Waals surface area contributed by atoms with Gasteiger partial charge in [0.15, 0.2) is 0 Å². The lowest BCUT2D eigenvalue weighted by atomic mass is 10.0. The SMILES string of the molecule is CCc1ncc(C(=O)N2CCCCCC2CC(O)c2ccco2)s1. The van der Waals surface area contributed by atoms with Gasteiger partial charge in [-0.05, 0) is 31.4 Å². The Hall–Kier alpha value is -1.66. The maximum Gasteiger partial charge on any atom is 0.265 e.